The molecule has 2 aromatic carbocycles. The number of nitrogens with zero attached hydrogens (tertiary/aromatic N) is 1. The number of benzene rings is 2. The van der Waals surface area contributed by atoms with Gasteiger partial charge in [0, 0.05) is 10.6 Å². The number of rotatable bonds is 4. The van der Waals surface area contributed by atoms with E-state index < -0.39 is 16.1 Å². The van der Waals surface area contributed by atoms with E-state index in [1.807, 2.05) is 6.07 Å². The second-order valence-corrected chi connectivity index (χ2v) is 10.7. The summed E-state index contributed by atoms with van der Waals surface area (Å²) >= 11 is 6.43. The molecule has 29 heavy (non-hydrogen) atoms. The summed E-state index contributed by atoms with van der Waals surface area (Å²) in [5.41, 5.74) is 4.42. The van der Waals surface area contributed by atoms with Crippen LogP contribution < -0.4 is 4.72 Å². The highest BCUT2D eigenvalue weighted by molar-refractivity contribution is 7.92. The minimum Gasteiger partial charge on any atom is -0.384 e. The van der Waals surface area contributed by atoms with E-state index in [2.05, 4.69) is 35.9 Å². The highest BCUT2D eigenvalue weighted by Crippen LogP contribution is 2.38. The fraction of sp³-hybridized carbons (Fsp3) is 0.381. The standard InChI is InChI=1S/C21H23ClN2O4S/c1-21(2)7-6-12-4-5-13(8-14(12)11-21)19(25)15-10-18-16(9-17(15)22)20(23-28-18)24-29(3,26)27/h4-5,8-10,19,25H,6-7,11H2,1-3H3,(H,23,24). The summed E-state index contributed by atoms with van der Waals surface area (Å²) in [4.78, 5) is 0. The van der Waals surface area contributed by atoms with Gasteiger partial charge in [-0.1, -0.05) is 48.8 Å². The van der Waals surface area contributed by atoms with E-state index in [1.165, 1.54) is 11.1 Å². The first-order valence-electron chi connectivity index (χ1n) is 9.39. The zero-order valence-corrected chi connectivity index (χ0v) is 18.1. The first kappa shape index (κ1) is 20.2. The summed E-state index contributed by atoms with van der Waals surface area (Å²) in [6.07, 6.45) is 3.26. The van der Waals surface area contributed by atoms with Crippen LogP contribution in [-0.4, -0.2) is 24.9 Å². The molecule has 0 aliphatic heterocycles. The van der Waals surface area contributed by atoms with Gasteiger partial charge >= 0.3 is 0 Å². The number of sulfonamides is 1. The quantitative estimate of drug-likeness (QED) is 0.632. The van der Waals surface area contributed by atoms with E-state index >= 15 is 0 Å². The van der Waals surface area contributed by atoms with Gasteiger partial charge in [-0.15, -0.1) is 0 Å². The van der Waals surface area contributed by atoms with Gasteiger partial charge in [0.15, 0.2) is 11.4 Å². The third kappa shape index (κ3) is 4.13. The maximum Gasteiger partial charge on any atom is 0.231 e. The normalized spacial score (nSPS) is 17.1. The van der Waals surface area contributed by atoms with Crippen molar-refractivity contribution in [3.63, 3.8) is 0 Å². The largest absolute Gasteiger partial charge is 0.384 e. The summed E-state index contributed by atoms with van der Waals surface area (Å²) in [7, 11) is -3.50. The van der Waals surface area contributed by atoms with Crippen molar-refractivity contribution in [2.45, 2.75) is 39.2 Å². The number of aliphatic hydroxyl groups excluding tert-OH is 1. The molecule has 1 atom stereocenters. The molecule has 0 saturated heterocycles. The van der Waals surface area contributed by atoms with E-state index in [1.54, 1.807) is 12.1 Å². The Morgan fingerprint density at radius 3 is 2.72 bits per heavy atom. The molecule has 2 N–H and O–H groups in total. The van der Waals surface area contributed by atoms with Crippen molar-refractivity contribution < 1.29 is 18.0 Å². The molecule has 0 amide bonds. The van der Waals surface area contributed by atoms with E-state index in [4.69, 9.17) is 16.1 Å². The van der Waals surface area contributed by atoms with Gasteiger partial charge in [-0.05, 0) is 53.5 Å². The SMILES string of the molecule is CC1(C)CCc2ccc(C(O)c3cc4onc(NS(C)(=O)=O)c4cc3Cl)cc2C1. The van der Waals surface area contributed by atoms with Crippen LogP contribution in [0, 0.1) is 5.41 Å². The molecule has 0 radical (unpaired) electrons. The van der Waals surface area contributed by atoms with Gasteiger partial charge < -0.3 is 9.63 Å². The lowest BCUT2D eigenvalue weighted by Crippen LogP contribution is -2.22. The Kier molecular flexibility index (Phi) is 4.88. The number of hydrogen-bond acceptors (Lipinski definition) is 5. The third-order valence-corrected chi connectivity index (χ3v) is 6.34. The molecule has 0 spiro atoms. The molecule has 1 heterocycles. The third-order valence-electron chi connectivity index (χ3n) is 5.45. The number of aryl methyl sites for hydroxylation is 1. The number of halogens is 1. The number of nitrogens with one attached hydrogen (secondary N) is 1. The van der Waals surface area contributed by atoms with Gasteiger partial charge in [0.25, 0.3) is 0 Å². The van der Waals surface area contributed by atoms with Crippen molar-refractivity contribution in [1.29, 1.82) is 0 Å². The molecule has 1 aliphatic carbocycles. The molecule has 1 unspecified atom stereocenters. The topological polar surface area (TPSA) is 92.4 Å². The summed E-state index contributed by atoms with van der Waals surface area (Å²) in [5, 5.41) is 15.5. The predicted octanol–water partition coefficient (Wildman–Crippen LogP) is 4.45. The fourth-order valence-electron chi connectivity index (χ4n) is 3.91. The van der Waals surface area contributed by atoms with Crippen LogP contribution in [0.5, 0.6) is 0 Å². The molecule has 6 nitrogen and oxygen atoms in total. The van der Waals surface area contributed by atoms with Crippen LogP contribution >= 0.6 is 11.6 Å². The van der Waals surface area contributed by atoms with Gasteiger partial charge in [0.1, 0.15) is 6.10 Å². The van der Waals surface area contributed by atoms with Crippen molar-refractivity contribution in [3.05, 3.63) is 57.6 Å². The minimum atomic E-state index is -3.50. The van der Waals surface area contributed by atoms with Gasteiger partial charge in [-0.25, -0.2) is 8.42 Å². The minimum absolute atomic E-state index is 0.0708. The van der Waals surface area contributed by atoms with Crippen LogP contribution in [0.3, 0.4) is 0 Å². The van der Waals surface area contributed by atoms with Crippen LogP contribution in [0.1, 0.15) is 48.6 Å². The van der Waals surface area contributed by atoms with Crippen LogP contribution in [0.15, 0.2) is 34.9 Å². The van der Waals surface area contributed by atoms with Gasteiger partial charge in [0.2, 0.25) is 10.0 Å². The van der Waals surface area contributed by atoms with Crippen LogP contribution in [0.4, 0.5) is 5.82 Å². The Morgan fingerprint density at radius 2 is 2.00 bits per heavy atom. The molecule has 0 fully saturated rings. The molecule has 4 rings (SSSR count). The van der Waals surface area contributed by atoms with Crippen molar-refractivity contribution in [2.75, 3.05) is 11.0 Å². The molecule has 0 saturated carbocycles. The molecule has 8 heteroatoms. The highest BCUT2D eigenvalue weighted by Gasteiger charge is 2.26. The summed E-state index contributed by atoms with van der Waals surface area (Å²) in [5.74, 6) is 0.0708. The molecular weight excluding hydrogens is 412 g/mol. The lowest BCUT2D eigenvalue weighted by atomic mass is 9.74. The average Bonchev–Trinajstić information content (AvgIpc) is 2.99. The van der Waals surface area contributed by atoms with Crippen molar-refractivity contribution >= 4 is 38.4 Å². The number of hydrogen-bond donors (Lipinski definition) is 2. The fourth-order valence-corrected chi connectivity index (χ4v) is 4.68. The molecular formula is C21H23ClN2O4S. The Labute approximate surface area is 174 Å². The highest BCUT2D eigenvalue weighted by atomic mass is 35.5. The van der Waals surface area contributed by atoms with Crippen molar-refractivity contribution in [1.82, 2.24) is 5.16 Å². The Balaban J connectivity index is 1.71. The van der Waals surface area contributed by atoms with Crippen LogP contribution in [0.2, 0.25) is 5.02 Å². The summed E-state index contributed by atoms with van der Waals surface area (Å²) in [6.45, 7) is 4.52. The predicted molar refractivity (Wildman–Crippen MR) is 114 cm³/mol. The average molecular weight is 435 g/mol. The van der Waals surface area contributed by atoms with Gasteiger partial charge in [0.05, 0.1) is 11.6 Å². The first-order chi connectivity index (χ1) is 13.5. The van der Waals surface area contributed by atoms with E-state index in [0.717, 1.165) is 31.1 Å². The molecule has 154 valence electrons. The smallest absolute Gasteiger partial charge is 0.231 e. The molecule has 1 aromatic heterocycles. The van der Waals surface area contributed by atoms with Crippen LogP contribution in [-0.2, 0) is 22.9 Å². The van der Waals surface area contributed by atoms with Crippen molar-refractivity contribution in [2.24, 2.45) is 5.41 Å². The molecule has 1 aliphatic rings. The van der Waals surface area contributed by atoms with Crippen LogP contribution in [0.25, 0.3) is 11.0 Å². The monoisotopic (exact) mass is 434 g/mol. The molecule has 3 aromatic rings. The zero-order valence-electron chi connectivity index (χ0n) is 16.5. The number of aliphatic hydroxyl groups is 1. The van der Waals surface area contributed by atoms with E-state index in [9.17, 15) is 13.5 Å². The molecule has 0 bridgehead atoms. The van der Waals surface area contributed by atoms with E-state index in [-0.39, 0.29) is 11.2 Å². The number of fused-ring (bicyclic) bond motifs is 2. The van der Waals surface area contributed by atoms with E-state index in [0.29, 0.717) is 21.6 Å². The van der Waals surface area contributed by atoms with Gasteiger partial charge in [-0.3, -0.25) is 4.72 Å². The summed E-state index contributed by atoms with van der Waals surface area (Å²) in [6, 6.07) is 9.23. The summed E-state index contributed by atoms with van der Waals surface area (Å²) < 4.78 is 30.5. The Morgan fingerprint density at radius 1 is 1.24 bits per heavy atom. The maximum atomic E-state index is 11.5. The van der Waals surface area contributed by atoms with Crippen molar-refractivity contribution in [3.8, 4) is 0 Å². The van der Waals surface area contributed by atoms with Gasteiger partial charge in [-0.2, -0.15) is 0 Å². The second-order valence-electron chi connectivity index (χ2n) is 8.55. The lowest BCUT2D eigenvalue weighted by Gasteiger charge is -2.31. The maximum absolute atomic E-state index is 11.5. The zero-order chi connectivity index (χ0) is 21.0. The Bertz CT molecular complexity index is 1200. The number of anilines is 1. The lowest BCUT2D eigenvalue weighted by molar-refractivity contribution is 0.220. The Hall–Kier alpha value is -2.09. The number of aromatic nitrogens is 1. The second kappa shape index (κ2) is 7.00. The first-order valence-corrected chi connectivity index (χ1v) is 11.7.